The van der Waals surface area contributed by atoms with E-state index in [4.69, 9.17) is 5.73 Å². The molecule has 0 amide bonds. The summed E-state index contributed by atoms with van der Waals surface area (Å²) in [5.74, 6) is 0.681. The van der Waals surface area contributed by atoms with Crippen molar-refractivity contribution in [2.75, 3.05) is 19.6 Å². The quantitative estimate of drug-likeness (QED) is 0.907. The van der Waals surface area contributed by atoms with E-state index in [1.807, 2.05) is 12.3 Å². The Kier molecular flexibility index (Phi) is 3.72. The largest absolute Gasteiger partial charge is 0.330 e. The summed E-state index contributed by atoms with van der Waals surface area (Å²) < 4.78 is 1.03. The fourth-order valence-electron chi connectivity index (χ4n) is 1.98. The third-order valence-electron chi connectivity index (χ3n) is 2.88. The first-order valence-electron chi connectivity index (χ1n) is 5.31. The molecule has 1 aliphatic rings. The summed E-state index contributed by atoms with van der Waals surface area (Å²) >= 11 is 3.39. The number of hydrogen-bond donors (Lipinski definition) is 1. The average Bonchev–Trinajstić information content (AvgIpc) is 2.69. The summed E-state index contributed by atoms with van der Waals surface area (Å²) in [6, 6.07) is 4.11. The summed E-state index contributed by atoms with van der Waals surface area (Å²) in [7, 11) is 0. The maximum atomic E-state index is 5.66. The maximum absolute atomic E-state index is 5.66. The molecule has 0 aromatic carbocycles. The van der Waals surface area contributed by atoms with E-state index in [0.29, 0.717) is 5.92 Å². The van der Waals surface area contributed by atoms with Gasteiger partial charge in [-0.05, 0) is 53.5 Å². The molecule has 15 heavy (non-hydrogen) atoms. The Morgan fingerprint density at radius 1 is 1.53 bits per heavy atom. The van der Waals surface area contributed by atoms with Crippen LogP contribution in [0, 0.1) is 5.92 Å². The Morgan fingerprint density at radius 3 is 3.00 bits per heavy atom. The normalized spacial score (nSPS) is 22.1. The third-order valence-corrected chi connectivity index (χ3v) is 3.35. The minimum atomic E-state index is 0.681. The first-order chi connectivity index (χ1) is 7.28. The van der Waals surface area contributed by atoms with Gasteiger partial charge in [-0.25, -0.2) is 0 Å². The monoisotopic (exact) mass is 269 g/mol. The lowest BCUT2D eigenvalue weighted by molar-refractivity contribution is 0.314. The standard InChI is InChI=1S/C11H16BrN3/c12-10-1-2-11(14-6-10)8-15-4-3-9(5-13)7-15/h1-2,6,9H,3-5,7-8,13H2. The van der Waals surface area contributed by atoms with Gasteiger partial charge in [0.2, 0.25) is 0 Å². The Morgan fingerprint density at radius 2 is 2.40 bits per heavy atom. The second-order valence-corrected chi connectivity index (χ2v) is 5.01. The highest BCUT2D eigenvalue weighted by Crippen LogP contribution is 2.17. The van der Waals surface area contributed by atoms with Crippen LogP contribution in [-0.2, 0) is 6.54 Å². The van der Waals surface area contributed by atoms with Crippen LogP contribution in [0.25, 0.3) is 0 Å². The number of nitrogens with zero attached hydrogens (tertiary/aromatic N) is 2. The van der Waals surface area contributed by atoms with Gasteiger partial charge < -0.3 is 5.73 Å². The highest BCUT2D eigenvalue weighted by Gasteiger charge is 2.21. The predicted octanol–water partition coefficient (Wildman–Crippen LogP) is 1.62. The third kappa shape index (κ3) is 3.00. The van der Waals surface area contributed by atoms with Gasteiger partial charge in [-0.1, -0.05) is 0 Å². The summed E-state index contributed by atoms with van der Waals surface area (Å²) in [6.45, 7) is 4.03. The molecule has 1 unspecified atom stereocenters. The summed E-state index contributed by atoms with van der Waals surface area (Å²) in [4.78, 5) is 6.80. The van der Waals surface area contributed by atoms with E-state index in [0.717, 1.165) is 36.3 Å². The second kappa shape index (κ2) is 5.05. The molecular formula is C11H16BrN3. The van der Waals surface area contributed by atoms with Crippen molar-refractivity contribution in [3.8, 4) is 0 Å². The minimum Gasteiger partial charge on any atom is -0.330 e. The van der Waals surface area contributed by atoms with Crippen molar-refractivity contribution in [3.63, 3.8) is 0 Å². The Labute approximate surface area is 98.8 Å². The van der Waals surface area contributed by atoms with E-state index in [1.54, 1.807) is 0 Å². The molecule has 0 saturated carbocycles. The van der Waals surface area contributed by atoms with Crippen LogP contribution >= 0.6 is 15.9 Å². The van der Waals surface area contributed by atoms with Crippen molar-refractivity contribution in [1.29, 1.82) is 0 Å². The average molecular weight is 270 g/mol. The molecule has 0 radical (unpaired) electrons. The predicted molar refractivity (Wildman–Crippen MR) is 64.4 cm³/mol. The van der Waals surface area contributed by atoms with Gasteiger partial charge in [0.05, 0.1) is 5.69 Å². The van der Waals surface area contributed by atoms with E-state index in [9.17, 15) is 0 Å². The van der Waals surface area contributed by atoms with Gasteiger partial charge in [-0.3, -0.25) is 9.88 Å². The number of rotatable bonds is 3. The van der Waals surface area contributed by atoms with Crippen LogP contribution in [0.2, 0.25) is 0 Å². The molecule has 0 bridgehead atoms. The van der Waals surface area contributed by atoms with Gasteiger partial charge in [0.15, 0.2) is 0 Å². The fourth-order valence-corrected chi connectivity index (χ4v) is 2.21. The van der Waals surface area contributed by atoms with Gasteiger partial charge in [0.25, 0.3) is 0 Å². The molecule has 0 aliphatic carbocycles. The van der Waals surface area contributed by atoms with Crippen molar-refractivity contribution in [3.05, 3.63) is 28.5 Å². The number of nitrogens with two attached hydrogens (primary N) is 1. The molecule has 3 nitrogen and oxygen atoms in total. The number of halogens is 1. The van der Waals surface area contributed by atoms with Gasteiger partial charge in [-0.2, -0.15) is 0 Å². The molecule has 82 valence electrons. The van der Waals surface area contributed by atoms with Crippen LogP contribution in [-0.4, -0.2) is 29.5 Å². The molecular weight excluding hydrogens is 254 g/mol. The zero-order chi connectivity index (χ0) is 10.7. The topological polar surface area (TPSA) is 42.1 Å². The van der Waals surface area contributed by atoms with Crippen LogP contribution < -0.4 is 5.73 Å². The molecule has 2 rings (SSSR count). The molecule has 4 heteroatoms. The van der Waals surface area contributed by atoms with E-state index < -0.39 is 0 Å². The van der Waals surface area contributed by atoms with Gasteiger partial charge >= 0.3 is 0 Å². The van der Waals surface area contributed by atoms with Gasteiger partial charge in [0.1, 0.15) is 0 Å². The smallest absolute Gasteiger partial charge is 0.0544 e. The zero-order valence-electron chi connectivity index (χ0n) is 8.69. The van der Waals surface area contributed by atoms with Crippen LogP contribution in [0.5, 0.6) is 0 Å². The highest BCUT2D eigenvalue weighted by atomic mass is 79.9. The summed E-state index contributed by atoms with van der Waals surface area (Å²) in [6.07, 6.45) is 3.08. The van der Waals surface area contributed by atoms with Crippen LogP contribution in [0.4, 0.5) is 0 Å². The van der Waals surface area contributed by atoms with Crippen LogP contribution in [0.1, 0.15) is 12.1 Å². The lowest BCUT2D eigenvalue weighted by Crippen LogP contribution is -2.23. The van der Waals surface area contributed by atoms with Gasteiger partial charge in [0, 0.05) is 23.8 Å². The Bertz CT molecular complexity index is 312. The van der Waals surface area contributed by atoms with E-state index in [-0.39, 0.29) is 0 Å². The molecule has 2 N–H and O–H groups in total. The number of likely N-dealkylation sites (tertiary alicyclic amines) is 1. The van der Waals surface area contributed by atoms with Crippen molar-refractivity contribution in [2.24, 2.45) is 11.7 Å². The lowest BCUT2D eigenvalue weighted by Gasteiger charge is -2.14. The molecule has 0 spiro atoms. The summed E-state index contributed by atoms with van der Waals surface area (Å²) in [5, 5.41) is 0. The van der Waals surface area contributed by atoms with Crippen molar-refractivity contribution >= 4 is 15.9 Å². The van der Waals surface area contributed by atoms with Crippen LogP contribution in [0.15, 0.2) is 22.8 Å². The van der Waals surface area contributed by atoms with Crippen molar-refractivity contribution < 1.29 is 0 Å². The van der Waals surface area contributed by atoms with Gasteiger partial charge in [-0.15, -0.1) is 0 Å². The SMILES string of the molecule is NCC1CCN(Cc2ccc(Br)cn2)C1. The molecule has 2 heterocycles. The first-order valence-corrected chi connectivity index (χ1v) is 6.10. The Balaban J connectivity index is 1.90. The molecule has 1 saturated heterocycles. The van der Waals surface area contributed by atoms with Crippen LogP contribution in [0.3, 0.4) is 0 Å². The highest BCUT2D eigenvalue weighted by molar-refractivity contribution is 9.10. The van der Waals surface area contributed by atoms with Crippen molar-refractivity contribution in [2.45, 2.75) is 13.0 Å². The lowest BCUT2D eigenvalue weighted by atomic mass is 10.1. The van der Waals surface area contributed by atoms with E-state index >= 15 is 0 Å². The first kappa shape index (κ1) is 11.0. The Hall–Kier alpha value is -0.450. The molecule has 1 atom stereocenters. The minimum absolute atomic E-state index is 0.681. The second-order valence-electron chi connectivity index (χ2n) is 4.09. The number of pyridine rings is 1. The number of hydrogen-bond acceptors (Lipinski definition) is 3. The zero-order valence-corrected chi connectivity index (χ0v) is 10.3. The molecule has 1 fully saturated rings. The molecule has 1 aromatic rings. The molecule has 1 aliphatic heterocycles. The maximum Gasteiger partial charge on any atom is 0.0544 e. The van der Waals surface area contributed by atoms with E-state index in [2.05, 4.69) is 31.9 Å². The molecule has 1 aromatic heterocycles. The van der Waals surface area contributed by atoms with Crippen molar-refractivity contribution in [1.82, 2.24) is 9.88 Å². The summed E-state index contributed by atoms with van der Waals surface area (Å²) in [5.41, 5.74) is 6.80. The number of aromatic nitrogens is 1. The fraction of sp³-hybridized carbons (Fsp3) is 0.545. The van der Waals surface area contributed by atoms with E-state index in [1.165, 1.54) is 6.42 Å².